The zero-order valence-electron chi connectivity index (χ0n) is 18.3. The molecule has 34 heavy (non-hydrogen) atoms. The number of nitrogens with one attached hydrogen (secondary N) is 4. The van der Waals surface area contributed by atoms with Gasteiger partial charge in [-0.3, -0.25) is 19.2 Å². The molecule has 1 aliphatic carbocycles. The lowest BCUT2D eigenvalue weighted by molar-refractivity contribution is -0.131. The number of primary amides is 1. The molecule has 1 saturated carbocycles. The van der Waals surface area contributed by atoms with Crippen LogP contribution in [0.2, 0.25) is 10.0 Å². The van der Waals surface area contributed by atoms with Crippen molar-refractivity contribution in [1.29, 1.82) is 0 Å². The second-order valence-electron chi connectivity index (χ2n) is 8.90. The van der Waals surface area contributed by atoms with E-state index in [1.54, 1.807) is 6.07 Å². The topological polar surface area (TPSA) is 159 Å². The van der Waals surface area contributed by atoms with Gasteiger partial charge in [0.05, 0.1) is 10.5 Å². The van der Waals surface area contributed by atoms with E-state index in [-0.39, 0.29) is 18.2 Å². The maximum Gasteiger partial charge on any atom is 0.287 e. The molecule has 1 aromatic heterocycles. The number of carbonyl (C=O) groups excluding carboxylic acids is 4. The number of fused-ring (bicyclic) bond motifs is 1. The molecule has 6 N–H and O–H groups in total. The van der Waals surface area contributed by atoms with Crippen LogP contribution in [0.15, 0.2) is 12.1 Å². The number of halogens is 2. The van der Waals surface area contributed by atoms with Crippen molar-refractivity contribution in [3.63, 3.8) is 0 Å². The Balaban J connectivity index is 1.46. The molecule has 1 aliphatic heterocycles. The Kier molecular flexibility index (Phi) is 7.27. The van der Waals surface area contributed by atoms with E-state index >= 15 is 0 Å². The number of nitrogens with two attached hydrogens (primary N) is 1. The predicted octanol–water partition coefficient (Wildman–Crippen LogP) is 1.65. The van der Waals surface area contributed by atoms with Crippen molar-refractivity contribution >= 4 is 57.9 Å². The molecule has 12 heteroatoms. The van der Waals surface area contributed by atoms with Crippen molar-refractivity contribution in [2.75, 3.05) is 6.54 Å². The van der Waals surface area contributed by atoms with Gasteiger partial charge in [0.1, 0.15) is 17.6 Å². The van der Waals surface area contributed by atoms with Crippen LogP contribution in [0.5, 0.6) is 0 Å². The summed E-state index contributed by atoms with van der Waals surface area (Å²) >= 11 is 12.2. The highest BCUT2D eigenvalue weighted by Crippen LogP contribution is 2.34. The molecule has 4 amide bonds. The van der Waals surface area contributed by atoms with Crippen LogP contribution in [0, 0.1) is 11.8 Å². The predicted molar refractivity (Wildman–Crippen MR) is 126 cm³/mol. The molecule has 2 fully saturated rings. The third-order valence-corrected chi connectivity index (χ3v) is 6.69. The van der Waals surface area contributed by atoms with Gasteiger partial charge in [0, 0.05) is 17.5 Å². The fraction of sp³-hybridized carbons (Fsp3) is 0.500. The van der Waals surface area contributed by atoms with Gasteiger partial charge in [-0.15, -0.1) is 0 Å². The molecule has 0 spiro atoms. The van der Waals surface area contributed by atoms with E-state index in [1.807, 2.05) is 0 Å². The van der Waals surface area contributed by atoms with Gasteiger partial charge in [0.25, 0.3) is 5.91 Å². The van der Waals surface area contributed by atoms with Gasteiger partial charge in [-0.2, -0.15) is 0 Å². The highest BCUT2D eigenvalue weighted by atomic mass is 35.5. The fourth-order valence-electron chi connectivity index (χ4n) is 4.16. The lowest BCUT2D eigenvalue weighted by atomic mass is 9.91. The van der Waals surface area contributed by atoms with Crippen LogP contribution in [-0.2, 0) is 14.4 Å². The minimum atomic E-state index is -1.02. The van der Waals surface area contributed by atoms with Gasteiger partial charge in [-0.1, -0.05) is 36.0 Å². The van der Waals surface area contributed by atoms with E-state index in [2.05, 4.69) is 25.9 Å². The Morgan fingerprint density at radius 2 is 1.88 bits per heavy atom. The lowest BCUT2D eigenvalue weighted by Gasteiger charge is -2.26. The number of hydrogen-bond acceptors (Lipinski definition) is 5. The molecule has 2 unspecified atom stereocenters. The molecular formula is C22H26Cl2N6O4. The molecule has 1 aromatic carbocycles. The van der Waals surface area contributed by atoms with Crippen molar-refractivity contribution in [1.82, 2.24) is 25.9 Å². The van der Waals surface area contributed by atoms with E-state index in [4.69, 9.17) is 28.9 Å². The van der Waals surface area contributed by atoms with Crippen molar-refractivity contribution in [3.8, 4) is 0 Å². The molecule has 2 aromatic rings. The second-order valence-corrected chi connectivity index (χ2v) is 9.75. The van der Waals surface area contributed by atoms with Gasteiger partial charge < -0.3 is 26.7 Å². The summed E-state index contributed by atoms with van der Waals surface area (Å²) < 4.78 is 0. The Hall–Kier alpha value is -2.85. The summed E-state index contributed by atoms with van der Waals surface area (Å²) in [5, 5.41) is 8.79. The van der Waals surface area contributed by atoms with Crippen LogP contribution >= 0.6 is 23.2 Å². The van der Waals surface area contributed by atoms with Crippen LogP contribution in [-0.4, -0.2) is 52.2 Å². The summed E-state index contributed by atoms with van der Waals surface area (Å²) in [6, 6.07) is 1.20. The van der Waals surface area contributed by atoms with Gasteiger partial charge in [0.2, 0.25) is 17.7 Å². The van der Waals surface area contributed by atoms with Crippen LogP contribution in [0.3, 0.4) is 0 Å². The Bertz CT molecular complexity index is 1130. The van der Waals surface area contributed by atoms with E-state index in [1.165, 1.54) is 6.07 Å². The summed E-state index contributed by atoms with van der Waals surface area (Å²) in [5.74, 6) is -2.13. The number of imidazole rings is 1. The summed E-state index contributed by atoms with van der Waals surface area (Å²) in [4.78, 5) is 57.2. The summed E-state index contributed by atoms with van der Waals surface area (Å²) in [7, 11) is 0. The summed E-state index contributed by atoms with van der Waals surface area (Å²) in [6.07, 6.45) is 3.86. The summed E-state index contributed by atoms with van der Waals surface area (Å²) in [5.41, 5.74) is 6.39. The Labute approximate surface area is 205 Å². The van der Waals surface area contributed by atoms with Crippen LogP contribution in [0.25, 0.3) is 11.0 Å². The monoisotopic (exact) mass is 508 g/mol. The first-order valence-corrected chi connectivity index (χ1v) is 12.0. The van der Waals surface area contributed by atoms with E-state index in [9.17, 15) is 19.2 Å². The molecule has 4 rings (SSSR count). The van der Waals surface area contributed by atoms with Crippen LogP contribution < -0.4 is 21.7 Å². The molecule has 0 bridgehead atoms. The van der Waals surface area contributed by atoms with Crippen molar-refractivity contribution < 1.29 is 19.2 Å². The highest BCUT2D eigenvalue weighted by molar-refractivity contribution is 6.38. The lowest BCUT2D eigenvalue weighted by Crippen LogP contribution is -2.54. The quantitative estimate of drug-likeness (QED) is 0.347. The maximum atomic E-state index is 13.1. The smallest absolute Gasteiger partial charge is 0.287 e. The Morgan fingerprint density at radius 3 is 2.56 bits per heavy atom. The van der Waals surface area contributed by atoms with Gasteiger partial charge in [0.15, 0.2) is 5.82 Å². The number of aromatic nitrogens is 2. The number of aromatic amines is 1. The van der Waals surface area contributed by atoms with Gasteiger partial charge in [-0.25, -0.2) is 4.98 Å². The van der Waals surface area contributed by atoms with Gasteiger partial charge >= 0.3 is 0 Å². The van der Waals surface area contributed by atoms with Crippen LogP contribution in [0.1, 0.15) is 49.1 Å². The van der Waals surface area contributed by atoms with E-state index < -0.39 is 35.7 Å². The highest BCUT2D eigenvalue weighted by Gasteiger charge is 2.34. The van der Waals surface area contributed by atoms with Crippen molar-refractivity contribution in [2.45, 2.75) is 50.6 Å². The van der Waals surface area contributed by atoms with Crippen molar-refractivity contribution in [2.24, 2.45) is 17.6 Å². The van der Waals surface area contributed by atoms with Crippen LogP contribution in [0.4, 0.5) is 0 Å². The van der Waals surface area contributed by atoms with Crippen molar-refractivity contribution in [3.05, 3.63) is 28.0 Å². The molecule has 1 saturated heterocycles. The summed E-state index contributed by atoms with van der Waals surface area (Å²) in [6.45, 7) is 0.595. The molecule has 3 atom stereocenters. The average Bonchev–Trinajstić information content (AvgIpc) is 3.49. The number of amides is 4. The molecule has 182 valence electrons. The third-order valence-electron chi connectivity index (χ3n) is 6.19. The molecular weight excluding hydrogens is 483 g/mol. The zero-order valence-corrected chi connectivity index (χ0v) is 19.8. The van der Waals surface area contributed by atoms with E-state index in [0.717, 1.165) is 19.3 Å². The number of carbonyl (C=O) groups is 4. The first kappa shape index (κ1) is 24.3. The minimum absolute atomic E-state index is 0.0157. The normalized spacial score (nSPS) is 19.8. The standard InChI is InChI=1S/C22H26Cl2N6O4/c23-12-8-13(24)17-14(9-12)27-19(30-17)22(34)29-16(6-10-3-4-10)21(33)28-15(18(25)31)7-11-2-1-5-26-20(11)32/h8-11,15-16H,1-7H2,(H2,25,31)(H,26,32)(H,27,30)(H,28,33)(H,29,34)/t11-,15?,16?/m0/s1. The maximum absolute atomic E-state index is 13.1. The Morgan fingerprint density at radius 1 is 1.12 bits per heavy atom. The fourth-order valence-corrected chi connectivity index (χ4v) is 4.69. The molecule has 2 heterocycles. The number of nitrogens with zero attached hydrogens (tertiary/aromatic N) is 1. The number of H-pyrrole nitrogens is 1. The SMILES string of the molecule is NC(=O)C(C[C@@H]1CCCNC1=O)NC(=O)C(CC1CC1)NC(=O)c1nc2c(Cl)cc(Cl)cc2[nH]1. The number of benzene rings is 1. The van der Waals surface area contributed by atoms with Gasteiger partial charge in [-0.05, 0) is 43.7 Å². The zero-order chi connectivity index (χ0) is 24.4. The molecule has 0 radical (unpaired) electrons. The molecule has 2 aliphatic rings. The third kappa shape index (κ3) is 5.79. The minimum Gasteiger partial charge on any atom is -0.368 e. The number of piperidine rings is 1. The molecule has 10 nitrogen and oxygen atoms in total. The average molecular weight is 509 g/mol. The first-order chi connectivity index (χ1) is 16.2. The second kappa shape index (κ2) is 10.2. The largest absolute Gasteiger partial charge is 0.368 e. The number of hydrogen-bond donors (Lipinski definition) is 5. The number of rotatable bonds is 9. The van der Waals surface area contributed by atoms with E-state index in [0.29, 0.717) is 46.4 Å². The first-order valence-electron chi connectivity index (χ1n) is 11.2.